The molecule has 0 amide bonds. The van der Waals surface area contributed by atoms with Crippen molar-refractivity contribution in [3.63, 3.8) is 0 Å². The first kappa shape index (κ1) is 14.9. The Balaban J connectivity index is 1.69. The van der Waals surface area contributed by atoms with E-state index in [4.69, 9.17) is 9.47 Å². The number of benzene rings is 2. The second-order valence-corrected chi connectivity index (χ2v) is 5.70. The summed E-state index contributed by atoms with van der Waals surface area (Å²) in [5.41, 5.74) is 2.08. The summed E-state index contributed by atoms with van der Waals surface area (Å²) in [6, 6.07) is 15.8. The number of fused-ring (bicyclic) bond motifs is 1. The van der Waals surface area contributed by atoms with E-state index in [9.17, 15) is 5.11 Å². The smallest absolute Gasteiger partial charge is 0.231 e. The van der Waals surface area contributed by atoms with Crippen molar-refractivity contribution < 1.29 is 14.6 Å². The van der Waals surface area contributed by atoms with Gasteiger partial charge in [-0.25, -0.2) is 0 Å². The van der Waals surface area contributed by atoms with Crippen molar-refractivity contribution in [1.29, 1.82) is 0 Å². The first-order valence-electron chi connectivity index (χ1n) is 7.47. The van der Waals surface area contributed by atoms with Crippen molar-refractivity contribution in [3.8, 4) is 11.5 Å². The molecule has 1 N–H and O–H groups in total. The lowest BCUT2D eigenvalue weighted by Crippen LogP contribution is -2.33. The number of likely N-dealkylation sites (N-methyl/N-ethyl adjacent to an activating group) is 1. The van der Waals surface area contributed by atoms with E-state index in [1.165, 1.54) is 5.56 Å². The van der Waals surface area contributed by atoms with E-state index in [2.05, 4.69) is 17.0 Å². The molecule has 116 valence electrons. The fourth-order valence-corrected chi connectivity index (χ4v) is 2.63. The van der Waals surface area contributed by atoms with Crippen LogP contribution in [0.3, 0.4) is 0 Å². The van der Waals surface area contributed by atoms with Gasteiger partial charge in [0, 0.05) is 12.6 Å². The zero-order valence-electron chi connectivity index (χ0n) is 12.9. The molecule has 2 atom stereocenters. The van der Waals surface area contributed by atoms with E-state index in [1.54, 1.807) is 0 Å². The van der Waals surface area contributed by atoms with Crippen LogP contribution in [0.5, 0.6) is 11.5 Å². The van der Waals surface area contributed by atoms with Crippen molar-refractivity contribution >= 4 is 0 Å². The Labute approximate surface area is 130 Å². The number of hydrogen-bond donors (Lipinski definition) is 1. The second-order valence-electron chi connectivity index (χ2n) is 5.70. The Hall–Kier alpha value is -2.04. The minimum atomic E-state index is -0.580. The van der Waals surface area contributed by atoms with Gasteiger partial charge in [0.15, 0.2) is 11.5 Å². The van der Waals surface area contributed by atoms with E-state index in [1.807, 2.05) is 50.4 Å². The predicted molar refractivity (Wildman–Crippen MR) is 84.9 cm³/mol. The van der Waals surface area contributed by atoms with Gasteiger partial charge in [0.1, 0.15) is 0 Å². The molecular formula is C18H21NO3. The summed E-state index contributed by atoms with van der Waals surface area (Å²) in [5, 5.41) is 10.6. The summed E-state index contributed by atoms with van der Waals surface area (Å²) < 4.78 is 10.7. The number of aliphatic hydroxyl groups excluding tert-OH is 1. The van der Waals surface area contributed by atoms with Crippen LogP contribution in [0, 0.1) is 0 Å². The Morgan fingerprint density at radius 2 is 1.82 bits per heavy atom. The summed E-state index contributed by atoms with van der Waals surface area (Å²) in [4.78, 5) is 2.14. The minimum absolute atomic E-state index is 0.0134. The quantitative estimate of drug-likeness (QED) is 0.921. The van der Waals surface area contributed by atoms with Gasteiger partial charge in [-0.15, -0.1) is 0 Å². The highest BCUT2D eigenvalue weighted by Crippen LogP contribution is 2.35. The third-order valence-electron chi connectivity index (χ3n) is 4.17. The molecule has 22 heavy (non-hydrogen) atoms. The molecule has 0 saturated carbocycles. The molecule has 0 aromatic heterocycles. The number of nitrogens with zero attached hydrogens (tertiary/aromatic N) is 1. The fraction of sp³-hybridized carbons (Fsp3) is 0.333. The molecule has 0 saturated heterocycles. The van der Waals surface area contributed by atoms with Crippen LogP contribution in [-0.2, 0) is 6.54 Å². The van der Waals surface area contributed by atoms with Crippen LogP contribution in [-0.4, -0.2) is 29.9 Å². The number of rotatable bonds is 5. The minimum Gasteiger partial charge on any atom is -0.454 e. The van der Waals surface area contributed by atoms with Crippen LogP contribution in [0.2, 0.25) is 0 Å². The molecule has 1 aliphatic heterocycles. The summed E-state index contributed by atoms with van der Waals surface area (Å²) in [6.45, 7) is 3.07. The van der Waals surface area contributed by atoms with Gasteiger partial charge in [-0.05, 0) is 37.2 Å². The standard InChI is InChI=1S/C18H21NO3/c1-13(19(2)11-14-6-4-3-5-7-14)18(20)15-8-9-16-17(10-15)22-12-21-16/h3-10,13,18,20H,11-12H2,1-2H3/t13-,18+/m1/s1. The topological polar surface area (TPSA) is 41.9 Å². The monoisotopic (exact) mass is 299 g/mol. The summed E-state index contributed by atoms with van der Waals surface area (Å²) in [6.07, 6.45) is -0.580. The molecule has 4 heteroatoms. The van der Waals surface area contributed by atoms with Gasteiger partial charge in [-0.1, -0.05) is 36.4 Å². The first-order chi connectivity index (χ1) is 10.6. The summed E-state index contributed by atoms with van der Waals surface area (Å²) in [5.74, 6) is 1.44. The molecule has 2 aromatic carbocycles. The van der Waals surface area contributed by atoms with Crippen molar-refractivity contribution in [2.75, 3.05) is 13.8 Å². The average Bonchev–Trinajstić information content (AvgIpc) is 3.02. The van der Waals surface area contributed by atoms with E-state index in [-0.39, 0.29) is 12.8 Å². The van der Waals surface area contributed by atoms with Gasteiger partial charge in [0.2, 0.25) is 6.79 Å². The van der Waals surface area contributed by atoms with Gasteiger partial charge in [0.25, 0.3) is 0 Å². The van der Waals surface area contributed by atoms with Gasteiger partial charge < -0.3 is 14.6 Å². The van der Waals surface area contributed by atoms with Crippen molar-refractivity contribution in [2.24, 2.45) is 0 Å². The molecule has 3 rings (SSSR count). The van der Waals surface area contributed by atoms with E-state index in [0.717, 1.165) is 17.9 Å². The number of ether oxygens (including phenoxy) is 2. The SMILES string of the molecule is C[C@H]([C@H](O)c1ccc2c(c1)OCO2)N(C)Cc1ccccc1. The molecule has 2 aromatic rings. The Bertz CT molecular complexity index is 629. The zero-order chi connectivity index (χ0) is 15.5. The number of hydrogen-bond acceptors (Lipinski definition) is 4. The predicted octanol–water partition coefficient (Wildman–Crippen LogP) is 2.97. The van der Waals surface area contributed by atoms with Crippen LogP contribution in [0.25, 0.3) is 0 Å². The van der Waals surface area contributed by atoms with Gasteiger partial charge in [-0.3, -0.25) is 4.90 Å². The Morgan fingerprint density at radius 1 is 1.09 bits per heavy atom. The molecule has 4 nitrogen and oxygen atoms in total. The Morgan fingerprint density at radius 3 is 2.59 bits per heavy atom. The second kappa shape index (κ2) is 6.38. The van der Waals surface area contributed by atoms with Crippen LogP contribution in [0.1, 0.15) is 24.2 Å². The molecule has 0 aliphatic carbocycles. The van der Waals surface area contributed by atoms with Crippen LogP contribution in [0.15, 0.2) is 48.5 Å². The van der Waals surface area contributed by atoms with Gasteiger partial charge in [0.05, 0.1) is 6.10 Å². The van der Waals surface area contributed by atoms with Crippen molar-refractivity contribution in [1.82, 2.24) is 4.90 Å². The maximum absolute atomic E-state index is 10.6. The van der Waals surface area contributed by atoms with Gasteiger partial charge >= 0.3 is 0 Å². The molecule has 0 unspecified atom stereocenters. The lowest BCUT2D eigenvalue weighted by atomic mass is 10.0. The molecular weight excluding hydrogens is 278 g/mol. The first-order valence-corrected chi connectivity index (χ1v) is 7.47. The lowest BCUT2D eigenvalue weighted by Gasteiger charge is -2.29. The molecule has 1 heterocycles. The molecule has 0 radical (unpaired) electrons. The normalized spacial score (nSPS) is 15.8. The van der Waals surface area contributed by atoms with E-state index < -0.39 is 6.10 Å². The number of aliphatic hydroxyl groups is 1. The van der Waals surface area contributed by atoms with Crippen LogP contribution >= 0.6 is 0 Å². The maximum atomic E-state index is 10.6. The Kier molecular flexibility index (Phi) is 4.32. The highest BCUT2D eigenvalue weighted by Gasteiger charge is 2.23. The van der Waals surface area contributed by atoms with Crippen molar-refractivity contribution in [2.45, 2.75) is 25.6 Å². The zero-order valence-corrected chi connectivity index (χ0v) is 12.9. The summed E-state index contributed by atoms with van der Waals surface area (Å²) in [7, 11) is 2.02. The summed E-state index contributed by atoms with van der Waals surface area (Å²) >= 11 is 0. The molecule has 0 fully saturated rings. The van der Waals surface area contributed by atoms with E-state index in [0.29, 0.717) is 5.75 Å². The average molecular weight is 299 g/mol. The van der Waals surface area contributed by atoms with E-state index >= 15 is 0 Å². The van der Waals surface area contributed by atoms with Crippen LogP contribution in [0.4, 0.5) is 0 Å². The molecule has 0 bridgehead atoms. The largest absolute Gasteiger partial charge is 0.454 e. The van der Waals surface area contributed by atoms with Crippen molar-refractivity contribution in [3.05, 3.63) is 59.7 Å². The lowest BCUT2D eigenvalue weighted by molar-refractivity contribution is 0.0687. The van der Waals surface area contributed by atoms with Crippen LogP contribution < -0.4 is 9.47 Å². The molecule has 0 spiro atoms. The highest BCUT2D eigenvalue weighted by molar-refractivity contribution is 5.45. The third kappa shape index (κ3) is 3.08. The third-order valence-corrected chi connectivity index (χ3v) is 4.17. The molecule has 1 aliphatic rings. The highest BCUT2D eigenvalue weighted by atomic mass is 16.7. The van der Waals surface area contributed by atoms with Gasteiger partial charge in [-0.2, -0.15) is 0 Å². The fourth-order valence-electron chi connectivity index (χ4n) is 2.63. The maximum Gasteiger partial charge on any atom is 0.231 e.